The minimum Gasteiger partial charge on any atom is -0.497 e. The molecule has 1 aliphatic rings. The van der Waals surface area contributed by atoms with E-state index in [-0.39, 0.29) is 11.9 Å². The van der Waals surface area contributed by atoms with E-state index in [1.165, 1.54) is 29.6 Å². The number of halogens is 1. The van der Waals surface area contributed by atoms with Crippen molar-refractivity contribution in [2.45, 2.75) is 18.9 Å². The Morgan fingerprint density at radius 2 is 1.96 bits per heavy atom. The summed E-state index contributed by atoms with van der Waals surface area (Å²) < 4.78 is 18.8. The van der Waals surface area contributed by atoms with Gasteiger partial charge in [-0.05, 0) is 54.3 Å². The quantitative estimate of drug-likeness (QED) is 0.806. The van der Waals surface area contributed by atoms with Crippen LogP contribution in [0, 0.1) is 5.82 Å². The first-order valence-electron chi connectivity index (χ1n) is 7.55. The summed E-state index contributed by atoms with van der Waals surface area (Å²) in [6, 6.07) is 11.0. The van der Waals surface area contributed by atoms with E-state index in [0.717, 1.165) is 24.1 Å². The molecule has 0 amide bonds. The first-order valence-corrected chi connectivity index (χ1v) is 7.55. The molecule has 4 rings (SSSR count). The van der Waals surface area contributed by atoms with Crippen LogP contribution in [0.5, 0.6) is 5.75 Å². The topological polar surface area (TPSA) is 47.0 Å². The molecule has 0 saturated carbocycles. The fourth-order valence-corrected chi connectivity index (χ4v) is 3.16. The molecule has 3 aromatic rings. The molecule has 23 heavy (non-hydrogen) atoms. The highest BCUT2D eigenvalue weighted by Gasteiger charge is 2.22. The summed E-state index contributed by atoms with van der Waals surface area (Å²) in [7, 11) is 1.67. The van der Waals surface area contributed by atoms with Crippen LogP contribution in [0.1, 0.15) is 11.1 Å². The highest BCUT2D eigenvalue weighted by atomic mass is 19.1. The third kappa shape index (κ3) is 2.59. The summed E-state index contributed by atoms with van der Waals surface area (Å²) in [5.41, 5.74) is 3.33. The van der Waals surface area contributed by atoms with Gasteiger partial charge in [-0.1, -0.05) is 6.07 Å². The average molecular weight is 309 g/mol. The first kappa shape index (κ1) is 13.9. The van der Waals surface area contributed by atoms with Gasteiger partial charge in [0.25, 0.3) is 0 Å². The molecular weight excluding hydrogens is 293 g/mol. The molecular formula is C18H16FN3O. The van der Waals surface area contributed by atoms with Gasteiger partial charge >= 0.3 is 0 Å². The number of rotatable bonds is 3. The van der Waals surface area contributed by atoms with Crippen molar-refractivity contribution in [3.05, 3.63) is 59.7 Å². The van der Waals surface area contributed by atoms with Crippen molar-refractivity contribution >= 4 is 16.7 Å². The maximum Gasteiger partial charge on any atom is 0.137 e. The van der Waals surface area contributed by atoms with Crippen molar-refractivity contribution in [1.29, 1.82) is 0 Å². The molecule has 0 spiro atoms. The molecule has 1 atom stereocenters. The summed E-state index contributed by atoms with van der Waals surface area (Å²) in [5.74, 6) is 1.27. The van der Waals surface area contributed by atoms with E-state index in [4.69, 9.17) is 4.74 Å². The normalized spacial score (nSPS) is 16.3. The molecule has 5 heteroatoms. The Kier molecular flexibility index (Phi) is 3.33. The third-order valence-electron chi connectivity index (χ3n) is 4.28. The number of nitrogens with one attached hydrogen (secondary N) is 1. The van der Waals surface area contributed by atoms with Gasteiger partial charge in [0, 0.05) is 11.4 Å². The number of benzene rings is 2. The van der Waals surface area contributed by atoms with Crippen molar-refractivity contribution in [2.24, 2.45) is 0 Å². The SMILES string of the molecule is COc1ccc2c(c1)CC(Nc1ncnc3ccc(F)cc13)C2. The predicted octanol–water partition coefficient (Wildman–Crippen LogP) is 3.36. The lowest BCUT2D eigenvalue weighted by Gasteiger charge is -2.14. The lowest BCUT2D eigenvalue weighted by atomic mass is 10.1. The number of hydrogen-bond acceptors (Lipinski definition) is 4. The molecule has 0 bridgehead atoms. The second-order valence-electron chi connectivity index (χ2n) is 5.77. The molecule has 1 heterocycles. The predicted molar refractivity (Wildman–Crippen MR) is 87.3 cm³/mol. The molecule has 0 saturated heterocycles. The van der Waals surface area contributed by atoms with Gasteiger partial charge in [-0.2, -0.15) is 0 Å². The van der Waals surface area contributed by atoms with Crippen LogP contribution in [0.4, 0.5) is 10.2 Å². The highest BCUT2D eigenvalue weighted by Crippen LogP contribution is 2.29. The van der Waals surface area contributed by atoms with Crippen molar-refractivity contribution in [3.63, 3.8) is 0 Å². The minimum atomic E-state index is -0.283. The van der Waals surface area contributed by atoms with E-state index in [1.807, 2.05) is 6.07 Å². The van der Waals surface area contributed by atoms with Gasteiger partial charge in [-0.15, -0.1) is 0 Å². The number of fused-ring (bicyclic) bond motifs is 2. The smallest absolute Gasteiger partial charge is 0.137 e. The number of methoxy groups -OCH3 is 1. The van der Waals surface area contributed by atoms with Crippen molar-refractivity contribution in [2.75, 3.05) is 12.4 Å². The van der Waals surface area contributed by atoms with Gasteiger partial charge in [-0.3, -0.25) is 0 Å². The molecule has 1 aromatic heterocycles. The third-order valence-corrected chi connectivity index (χ3v) is 4.28. The largest absolute Gasteiger partial charge is 0.497 e. The van der Waals surface area contributed by atoms with Crippen LogP contribution in [-0.2, 0) is 12.8 Å². The average Bonchev–Trinajstić information content (AvgIpc) is 2.96. The second-order valence-corrected chi connectivity index (χ2v) is 5.77. The molecule has 1 unspecified atom stereocenters. The van der Waals surface area contributed by atoms with Crippen molar-refractivity contribution in [1.82, 2.24) is 9.97 Å². The lowest BCUT2D eigenvalue weighted by molar-refractivity contribution is 0.414. The lowest BCUT2D eigenvalue weighted by Crippen LogP contribution is -2.20. The fourth-order valence-electron chi connectivity index (χ4n) is 3.16. The molecule has 2 aromatic carbocycles. The Labute approximate surface area is 133 Å². The van der Waals surface area contributed by atoms with Crippen LogP contribution in [0.15, 0.2) is 42.7 Å². The summed E-state index contributed by atoms with van der Waals surface area (Å²) in [6.45, 7) is 0. The van der Waals surface area contributed by atoms with Crippen molar-refractivity contribution in [3.8, 4) is 5.75 Å². The van der Waals surface area contributed by atoms with E-state index in [1.54, 1.807) is 13.2 Å². The van der Waals surface area contributed by atoms with Gasteiger partial charge in [0.2, 0.25) is 0 Å². The van der Waals surface area contributed by atoms with Crippen LogP contribution in [0.3, 0.4) is 0 Å². The van der Waals surface area contributed by atoms with E-state index in [9.17, 15) is 4.39 Å². The number of aromatic nitrogens is 2. The minimum absolute atomic E-state index is 0.235. The van der Waals surface area contributed by atoms with E-state index < -0.39 is 0 Å². The van der Waals surface area contributed by atoms with Gasteiger partial charge in [0.05, 0.1) is 12.6 Å². The van der Waals surface area contributed by atoms with Gasteiger partial charge in [0.15, 0.2) is 0 Å². The number of hydrogen-bond donors (Lipinski definition) is 1. The number of nitrogens with zero attached hydrogens (tertiary/aromatic N) is 2. The van der Waals surface area contributed by atoms with Crippen LogP contribution in [0.25, 0.3) is 10.9 Å². The van der Waals surface area contributed by atoms with Gasteiger partial charge in [0.1, 0.15) is 23.7 Å². The van der Waals surface area contributed by atoms with E-state index in [0.29, 0.717) is 11.2 Å². The molecule has 4 nitrogen and oxygen atoms in total. The first-order chi connectivity index (χ1) is 11.2. The van der Waals surface area contributed by atoms with Crippen LogP contribution in [-0.4, -0.2) is 23.1 Å². The fraction of sp³-hybridized carbons (Fsp3) is 0.222. The zero-order valence-corrected chi connectivity index (χ0v) is 12.7. The Bertz CT molecular complexity index is 881. The molecule has 0 aliphatic heterocycles. The zero-order chi connectivity index (χ0) is 15.8. The molecule has 1 aliphatic carbocycles. The highest BCUT2D eigenvalue weighted by molar-refractivity contribution is 5.88. The van der Waals surface area contributed by atoms with E-state index >= 15 is 0 Å². The van der Waals surface area contributed by atoms with Gasteiger partial charge in [-0.25, -0.2) is 14.4 Å². The van der Waals surface area contributed by atoms with Crippen molar-refractivity contribution < 1.29 is 9.13 Å². The molecule has 116 valence electrons. The Hall–Kier alpha value is -2.69. The molecule has 1 N–H and O–H groups in total. The number of anilines is 1. The summed E-state index contributed by atoms with van der Waals surface area (Å²) in [5, 5.41) is 4.15. The Morgan fingerprint density at radius 1 is 1.09 bits per heavy atom. The number of ether oxygens (including phenoxy) is 1. The maximum absolute atomic E-state index is 13.5. The summed E-state index contributed by atoms with van der Waals surface area (Å²) in [6.07, 6.45) is 3.32. The second kappa shape index (κ2) is 5.50. The summed E-state index contributed by atoms with van der Waals surface area (Å²) in [4.78, 5) is 8.48. The van der Waals surface area contributed by atoms with Crippen LogP contribution >= 0.6 is 0 Å². The van der Waals surface area contributed by atoms with Gasteiger partial charge < -0.3 is 10.1 Å². The zero-order valence-electron chi connectivity index (χ0n) is 12.7. The van der Waals surface area contributed by atoms with Crippen LogP contribution in [0.2, 0.25) is 0 Å². The van der Waals surface area contributed by atoms with Crippen LogP contribution < -0.4 is 10.1 Å². The molecule has 0 fully saturated rings. The maximum atomic E-state index is 13.5. The monoisotopic (exact) mass is 309 g/mol. The Balaban J connectivity index is 1.61. The standard InChI is InChI=1S/C18H16FN3O/c1-23-15-4-2-11-6-14(7-12(11)8-15)22-18-16-9-13(19)3-5-17(16)20-10-21-18/h2-5,8-10,14H,6-7H2,1H3,(H,20,21,22). The molecule has 0 radical (unpaired) electrons. The van der Waals surface area contributed by atoms with E-state index in [2.05, 4.69) is 27.4 Å². The Morgan fingerprint density at radius 3 is 2.83 bits per heavy atom. The summed E-state index contributed by atoms with van der Waals surface area (Å²) >= 11 is 0.